The first-order valence-corrected chi connectivity index (χ1v) is 9.97. The van der Waals surface area contributed by atoms with Crippen LogP contribution >= 0.6 is 22.9 Å². The van der Waals surface area contributed by atoms with Crippen LogP contribution in [0.5, 0.6) is 0 Å². The van der Waals surface area contributed by atoms with Crippen LogP contribution in [0.2, 0.25) is 4.34 Å². The fourth-order valence-electron chi connectivity index (χ4n) is 3.66. The largest absolute Gasteiger partial charge is 0.333 e. The van der Waals surface area contributed by atoms with E-state index in [-0.39, 0.29) is 11.8 Å². The number of amides is 1. The van der Waals surface area contributed by atoms with E-state index >= 15 is 0 Å². The first kappa shape index (κ1) is 18.0. The van der Waals surface area contributed by atoms with Crippen molar-refractivity contribution < 1.29 is 4.79 Å². The first-order chi connectivity index (χ1) is 13.1. The van der Waals surface area contributed by atoms with Gasteiger partial charge in [0.05, 0.1) is 16.6 Å². The van der Waals surface area contributed by atoms with Gasteiger partial charge in [-0.3, -0.25) is 9.78 Å². The maximum Gasteiger partial charge on any atom is 0.246 e. The van der Waals surface area contributed by atoms with E-state index in [9.17, 15) is 4.79 Å². The van der Waals surface area contributed by atoms with Crippen molar-refractivity contribution in [2.45, 2.75) is 19.4 Å². The Balaban J connectivity index is 1.85. The molecule has 2 aromatic heterocycles. The lowest BCUT2D eigenvalue weighted by molar-refractivity contribution is -0.127. The minimum absolute atomic E-state index is 0.0543. The molecule has 0 spiro atoms. The minimum atomic E-state index is -0.0543. The molecule has 1 aromatic carbocycles. The number of nitrogens with zero attached hydrogens (tertiary/aromatic N) is 2. The van der Waals surface area contributed by atoms with Gasteiger partial charge in [0.15, 0.2) is 0 Å². The van der Waals surface area contributed by atoms with Gasteiger partial charge in [0, 0.05) is 29.1 Å². The number of aryl methyl sites for hydroxylation is 1. The Labute approximate surface area is 167 Å². The minimum Gasteiger partial charge on any atom is -0.333 e. The summed E-state index contributed by atoms with van der Waals surface area (Å²) in [6, 6.07) is 14.4. The summed E-state index contributed by atoms with van der Waals surface area (Å²) in [5.74, 6) is 0.00115. The van der Waals surface area contributed by atoms with Gasteiger partial charge in [-0.2, -0.15) is 0 Å². The van der Waals surface area contributed by atoms with Gasteiger partial charge in [0.2, 0.25) is 5.91 Å². The highest BCUT2D eigenvalue weighted by atomic mass is 35.5. The van der Waals surface area contributed by atoms with Crippen molar-refractivity contribution in [3.63, 3.8) is 0 Å². The van der Waals surface area contributed by atoms with Gasteiger partial charge in [0.1, 0.15) is 0 Å². The number of carbonyl (C=O) groups excluding carboxylic acids is 1. The van der Waals surface area contributed by atoms with Gasteiger partial charge in [-0.25, -0.2) is 0 Å². The van der Waals surface area contributed by atoms with E-state index in [1.807, 2.05) is 35.4 Å². The van der Waals surface area contributed by atoms with Crippen molar-refractivity contribution >= 4 is 28.8 Å². The molecule has 1 aliphatic heterocycles. The molecule has 1 amide bonds. The van der Waals surface area contributed by atoms with Gasteiger partial charge in [-0.15, -0.1) is 11.3 Å². The highest BCUT2D eigenvalue weighted by Gasteiger charge is 2.31. The third-order valence-corrected chi connectivity index (χ3v) is 6.20. The van der Waals surface area contributed by atoms with Crippen LogP contribution in [0.25, 0.3) is 11.3 Å². The van der Waals surface area contributed by atoms with Crippen molar-refractivity contribution in [1.82, 2.24) is 9.88 Å². The predicted molar refractivity (Wildman–Crippen MR) is 111 cm³/mol. The molecule has 3 nitrogen and oxygen atoms in total. The van der Waals surface area contributed by atoms with Crippen LogP contribution in [0.3, 0.4) is 0 Å². The Morgan fingerprint density at radius 1 is 1.30 bits per heavy atom. The molecule has 3 heterocycles. The zero-order valence-corrected chi connectivity index (χ0v) is 16.6. The predicted octanol–water partition coefficient (Wildman–Crippen LogP) is 5.43. The molecule has 0 aliphatic carbocycles. The van der Waals surface area contributed by atoms with Crippen molar-refractivity contribution in [3.8, 4) is 11.3 Å². The summed E-state index contributed by atoms with van der Waals surface area (Å²) in [7, 11) is 0. The molecule has 1 atom stereocenters. The van der Waals surface area contributed by atoms with Gasteiger partial charge >= 0.3 is 0 Å². The maximum absolute atomic E-state index is 12.3. The molecule has 0 bridgehead atoms. The number of hydrogen-bond donors (Lipinski definition) is 0. The van der Waals surface area contributed by atoms with E-state index in [2.05, 4.69) is 36.7 Å². The topological polar surface area (TPSA) is 33.2 Å². The van der Waals surface area contributed by atoms with Crippen molar-refractivity contribution in [3.05, 3.63) is 87.2 Å². The van der Waals surface area contributed by atoms with E-state index in [1.54, 1.807) is 11.3 Å². The number of hydrogen-bond acceptors (Lipinski definition) is 3. The standard InChI is InChI=1S/C22H19ClN2OS/c1-3-22(26)25-12-18(17-11-21(23)27-20(17)13-25)15-6-4-5-7-16(15)19-10-14(2)8-9-24-19/h3-11,18H,1,12-13H2,2H3/t18-/m0/s1. The summed E-state index contributed by atoms with van der Waals surface area (Å²) >= 11 is 7.87. The van der Waals surface area contributed by atoms with Gasteiger partial charge in [0.25, 0.3) is 0 Å². The van der Waals surface area contributed by atoms with Crippen molar-refractivity contribution in [2.75, 3.05) is 6.54 Å². The Kier molecular flexibility index (Phi) is 4.85. The third kappa shape index (κ3) is 3.43. The quantitative estimate of drug-likeness (QED) is 0.555. The summed E-state index contributed by atoms with van der Waals surface area (Å²) in [6.45, 7) is 6.90. The van der Waals surface area contributed by atoms with Crippen LogP contribution in [0.1, 0.15) is 27.5 Å². The second-order valence-electron chi connectivity index (χ2n) is 6.71. The molecular formula is C22H19ClN2OS. The van der Waals surface area contributed by atoms with Crippen LogP contribution in [-0.2, 0) is 11.3 Å². The molecule has 3 aromatic rings. The number of aromatic nitrogens is 1. The molecule has 1 aliphatic rings. The van der Waals surface area contributed by atoms with Gasteiger partial charge in [-0.1, -0.05) is 42.4 Å². The fraction of sp³-hybridized carbons (Fsp3) is 0.182. The lowest BCUT2D eigenvalue weighted by Crippen LogP contribution is -2.37. The zero-order valence-electron chi connectivity index (χ0n) is 15.0. The summed E-state index contributed by atoms with van der Waals surface area (Å²) < 4.78 is 0.754. The van der Waals surface area contributed by atoms with E-state index in [1.165, 1.54) is 17.2 Å². The molecule has 0 saturated carbocycles. The highest BCUT2D eigenvalue weighted by molar-refractivity contribution is 7.16. The molecule has 4 rings (SSSR count). The van der Waals surface area contributed by atoms with E-state index in [0.29, 0.717) is 13.1 Å². The van der Waals surface area contributed by atoms with Crippen LogP contribution in [0, 0.1) is 6.92 Å². The second-order valence-corrected chi connectivity index (χ2v) is 8.48. The molecule has 27 heavy (non-hydrogen) atoms. The second kappa shape index (κ2) is 7.29. The summed E-state index contributed by atoms with van der Waals surface area (Å²) in [5.41, 5.74) is 5.57. The molecule has 5 heteroatoms. The zero-order chi connectivity index (χ0) is 19.0. The van der Waals surface area contributed by atoms with E-state index in [4.69, 9.17) is 11.6 Å². The normalized spacial score (nSPS) is 16.1. The van der Waals surface area contributed by atoms with Crippen LogP contribution in [-0.4, -0.2) is 22.3 Å². The molecule has 0 unspecified atom stereocenters. The lowest BCUT2D eigenvalue weighted by atomic mass is 9.84. The van der Waals surface area contributed by atoms with Crippen LogP contribution < -0.4 is 0 Å². The molecule has 136 valence electrons. The average Bonchev–Trinajstić information content (AvgIpc) is 3.06. The Bertz CT molecular complexity index is 1030. The maximum atomic E-state index is 12.3. The summed E-state index contributed by atoms with van der Waals surface area (Å²) in [5, 5.41) is 0. The van der Waals surface area contributed by atoms with E-state index < -0.39 is 0 Å². The van der Waals surface area contributed by atoms with E-state index in [0.717, 1.165) is 26.0 Å². The number of thiophene rings is 1. The third-order valence-electron chi connectivity index (χ3n) is 4.94. The number of pyridine rings is 1. The molecule has 0 fully saturated rings. The average molecular weight is 395 g/mol. The highest BCUT2D eigenvalue weighted by Crippen LogP contribution is 2.42. The summed E-state index contributed by atoms with van der Waals surface area (Å²) in [6.07, 6.45) is 3.22. The Morgan fingerprint density at radius 2 is 2.11 bits per heavy atom. The first-order valence-electron chi connectivity index (χ1n) is 8.78. The molecule has 0 saturated heterocycles. The Morgan fingerprint density at radius 3 is 2.89 bits per heavy atom. The van der Waals surface area contributed by atoms with Crippen molar-refractivity contribution in [2.24, 2.45) is 0 Å². The van der Waals surface area contributed by atoms with Crippen LogP contribution in [0.15, 0.2) is 61.3 Å². The van der Waals surface area contributed by atoms with Gasteiger partial charge < -0.3 is 4.90 Å². The monoisotopic (exact) mass is 394 g/mol. The SMILES string of the molecule is C=CC(=O)N1Cc2sc(Cl)cc2[C@H](c2ccccc2-c2cc(C)ccn2)C1. The number of rotatable bonds is 3. The number of benzene rings is 1. The smallest absolute Gasteiger partial charge is 0.246 e. The van der Waals surface area contributed by atoms with Crippen molar-refractivity contribution in [1.29, 1.82) is 0 Å². The fourth-order valence-corrected chi connectivity index (χ4v) is 5.02. The van der Waals surface area contributed by atoms with Crippen LogP contribution in [0.4, 0.5) is 0 Å². The Hall–Kier alpha value is -2.43. The lowest BCUT2D eigenvalue weighted by Gasteiger charge is -2.33. The number of fused-ring (bicyclic) bond motifs is 1. The molecular weight excluding hydrogens is 376 g/mol. The number of halogens is 1. The molecule has 0 N–H and O–H groups in total. The molecule has 0 radical (unpaired) electrons. The number of carbonyl (C=O) groups is 1. The summed E-state index contributed by atoms with van der Waals surface area (Å²) in [4.78, 5) is 19.9. The van der Waals surface area contributed by atoms with Gasteiger partial charge in [-0.05, 0) is 47.9 Å².